The minimum absolute atomic E-state index is 0.146. The second-order valence-corrected chi connectivity index (χ2v) is 8.12. The Hall–Kier alpha value is -4.05. The van der Waals surface area contributed by atoms with Crippen molar-refractivity contribution < 1.29 is 13.9 Å². The van der Waals surface area contributed by atoms with Crippen molar-refractivity contribution in [3.8, 4) is 17.0 Å². The van der Waals surface area contributed by atoms with Crippen molar-refractivity contribution in [2.24, 2.45) is 0 Å². The van der Waals surface area contributed by atoms with Crippen LogP contribution in [0.25, 0.3) is 22.3 Å². The van der Waals surface area contributed by atoms with Crippen molar-refractivity contribution in [1.82, 2.24) is 30.4 Å². The molecule has 10 heteroatoms. The van der Waals surface area contributed by atoms with Crippen molar-refractivity contribution in [1.29, 1.82) is 0 Å². The molecule has 0 radical (unpaired) electrons. The van der Waals surface area contributed by atoms with Gasteiger partial charge in [0.25, 0.3) is 5.91 Å². The third kappa shape index (κ3) is 4.03. The number of aromatic nitrogens is 4. The Labute approximate surface area is 195 Å². The molecule has 0 unspecified atom stereocenters. The molecule has 1 saturated heterocycles. The monoisotopic (exact) mass is 461 g/mol. The van der Waals surface area contributed by atoms with Crippen LogP contribution in [-0.2, 0) is 6.54 Å². The molecule has 5 rings (SSSR count). The number of hydrogen-bond acceptors (Lipinski definition) is 7. The van der Waals surface area contributed by atoms with Crippen LogP contribution < -0.4 is 21.1 Å². The fraction of sp³-hybridized carbons (Fsp3) is 0.250. The maximum atomic E-state index is 13.6. The first-order valence-corrected chi connectivity index (χ1v) is 11.0. The number of fused-ring (bicyclic) bond motifs is 1. The summed E-state index contributed by atoms with van der Waals surface area (Å²) < 4.78 is 20.7. The Morgan fingerprint density at radius 2 is 2.09 bits per heavy atom. The largest absolute Gasteiger partial charge is 0.496 e. The van der Waals surface area contributed by atoms with E-state index in [2.05, 4.69) is 20.6 Å². The van der Waals surface area contributed by atoms with Crippen molar-refractivity contribution >= 4 is 22.8 Å². The summed E-state index contributed by atoms with van der Waals surface area (Å²) in [6, 6.07) is 11.7. The van der Waals surface area contributed by atoms with Crippen LogP contribution in [0.2, 0.25) is 0 Å². The molecule has 0 spiro atoms. The number of rotatable bonds is 6. The molecule has 1 aliphatic rings. The van der Waals surface area contributed by atoms with E-state index in [1.165, 1.54) is 25.6 Å². The number of nitrogens with two attached hydrogens (primary N) is 1. The van der Waals surface area contributed by atoms with Gasteiger partial charge in [-0.1, -0.05) is 24.3 Å². The summed E-state index contributed by atoms with van der Waals surface area (Å²) in [5.41, 5.74) is 9.54. The standard InChI is InChI=1S/C24H24FN7O2/c1-34-19-7-6-16(25)10-18(19)24(33)28-11-14-2-4-15(5-3-14)21-20-22(26)29-13-30-23(20)32(31-21)17-8-9-27-12-17/h2-7,10,13,17,27H,8-9,11-12H2,1H3,(H,28,33)(H2,26,29,30)/t17-/m0/s1. The van der Waals surface area contributed by atoms with Gasteiger partial charge in [0, 0.05) is 18.7 Å². The molecule has 1 aliphatic heterocycles. The fourth-order valence-electron chi connectivity index (χ4n) is 4.22. The number of amides is 1. The number of hydrogen-bond donors (Lipinski definition) is 3. The van der Waals surface area contributed by atoms with Crippen LogP contribution in [0.4, 0.5) is 10.2 Å². The highest BCUT2D eigenvalue weighted by Gasteiger charge is 2.24. The second-order valence-electron chi connectivity index (χ2n) is 8.12. The van der Waals surface area contributed by atoms with E-state index in [9.17, 15) is 9.18 Å². The number of methoxy groups -OCH3 is 1. The maximum absolute atomic E-state index is 13.6. The molecular formula is C24H24FN7O2. The lowest BCUT2D eigenvalue weighted by Gasteiger charge is -2.10. The first-order valence-electron chi connectivity index (χ1n) is 11.0. The number of carbonyl (C=O) groups is 1. The Bertz CT molecular complexity index is 1350. The lowest BCUT2D eigenvalue weighted by atomic mass is 10.1. The van der Waals surface area contributed by atoms with Gasteiger partial charge in [0.2, 0.25) is 0 Å². The molecule has 2 aromatic carbocycles. The Kier molecular flexibility index (Phi) is 5.81. The number of halogens is 1. The molecule has 0 aliphatic carbocycles. The molecule has 1 amide bonds. The zero-order chi connectivity index (χ0) is 23.7. The van der Waals surface area contributed by atoms with Gasteiger partial charge in [0.1, 0.15) is 29.4 Å². The predicted octanol–water partition coefficient (Wildman–Crippen LogP) is 2.69. The predicted molar refractivity (Wildman–Crippen MR) is 126 cm³/mol. The highest BCUT2D eigenvalue weighted by atomic mass is 19.1. The second kappa shape index (κ2) is 9.06. The van der Waals surface area contributed by atoms with Gasteiger partial charge in [0.15, 0.2) is 5.65 Å². The van der Waals surface area contributed by atoms with Gasteiger partial charge >= 0.3 is 0 Å². The van der Waals surface area contributed by atoms with E-state index >= 15 is 0 Å². The molecule has 4 aromatic rings. The molecule has 34 heavy (non-hydrogen) atoms. The number of benzene rings is 2. The topological polar surface area (TPSA) is 120 Å². The van der Waals surface area contributed by atoms with Gasteiger partial charge < -0.3 is 21.1 Å². The minimum Gasteiger partial charge on any atom is -0.496 e. The average Bonchev–Trinajstić information content (AvgIpc) is 3.52. The Morgan fingerprint density at radius 3 is 2.82 bits per heavy atom. The van der Waals surface area contributed by atoms with Crippen LogP contribution in [-0.4, -0.2) is 45.9 Å². The first kappa shape index (κ1) is 21.8. The molecule has 4 N–H and O–H groups in total. The van der Waals surface area contributed by atoms with E-state index in [0.717, 1.165) is 53.4 Å². The number of carbonyl (C=O) groups excluding carboxylic acids is 1. The number of anilines is 1. The maximum Gasteiger partial charge on any atom is 0.255 e. The van der Waals surface area contributed by atoms with Crippen LogP contribution in [0, 0.1) is 5.82 Å². The third-order valence-electron chi connectivity index (χ3n) is 5.98. The molecule has 2 aromatic heterocycles. The van der Waals surface area contributed by atoms with Crippen LogP contribution in [0.3, 0.4) is 0 Å². The van der Waals surface area contributed by atoms with E-state index in [-0.39, 0.29) is 18.2 Å². The zero-order valence-corrected chi connectivity index (χ0v) is 18.6. The number of ether oxygens (including phenoxy) is 1. The molecule has 0 bridgehead atoms. The van der Waals surface area contributed by atoms with Crippen molar-refractivity contribution in [3.05, 3.63) is 65.7 Å². The normalized spacial score (nSPS) is 15.5. The van der Waals surface area contributed by atoms with E-state index in [1.54, 1.807) is 0 Å². The molecule has 174 valence electrons. The minimum atomic E-state index is -0.501. The summed E-state index contributed by atoms with van der Waals surface area (Å²) >= 11 is 0. The molecule has 9 nitrogen and oxygen atoms in total. The van der Waals surface area contributed by atoms with E-state index in [4.69, 9.17) is 15.6 Å². The van der Waals surface area contributed by atoms with Gasteiger partial charge in [-0.15, -0.1) is 0 Å². The fourth-order valence-corrected chi connectivity index (χ4v) is 4.22. The number of nitrogens with one attached hydrogen (secondary N) is 2. The average molecular weight is 462 g/mol. The van der Waals surface area contributed by atoms with Gasteiger partial charge in [-0.3, -0.25) is 4.79 Å². The highest BCUT2D eigenvalue weighted by molar-refractivity contribution is 5.98. The summed E-state index contributed by atoms with van der Waals surface area (Å²) in [7, 11) is 1.44. The van der Waals surface area contributed by atoms with Crippen molar-refractivity contribution in [2.75, 3.05) is 25.9 Å². The van der Waals surface area contributed by atoms with Crippen LogP contribution >= 0.6 is 0 Å². The van der Waals surface area contributed by atoms with Crippen LogP contribution in [0.15, 0.2) is 48.8 Å². The van der Waals surface area contributed by atoms with Crippen LogP contribution in [0.1, 0.15) is 28.4 Å². The molecule has 1 fully saturated rings. The van der Waals surface area contributed by atoms with Gasteiger partial charge in [0.05, 0.1) is 24.1 Å². The smallest absolute Gasteiger partial charge is 0.255 e. The zero-order valence-electron chi connectivity index (χ0n) is 18.6. The van der Waals surface area contributed by atoms with Crippen LogP contribution in [0.5, 0.6) is 5.75 Å². The summed E-state index contributed by atoms with van der Waals surface area (Å²) in [4.78, 5) is 21.2. The summed E-state index contributed by atoms with van der Waals surface area (Å²) in [6.45, 7) is 2.03. The molecule has 3 heterocycles. The highest BCUT2D eigenvalue weighted by Crippen LogP contribution is 2.32. The first-order chi connectivity index (χ1) is 16.5. The van der Waals surface area contributed by atoms with Gasteiger partial charge in [-0.05, 0) is 36.7 Å². The molecule has 0 saturated carbocycles. The van der Waals surface area contributed by atoms with E-state index < -0.39 is 11.7 Å². The van der Waals surface area contributed by atoms with E-state index in [1.807, 2.05) is 28.9 Å². The molecular weight excluding hydrogens is 437 g/mol. The van der Waals surface area contributed by atoms with Gasteiger partial charge in [-0.25, -0.2) is 19.0 Å². The summed E-state index contributed by atoms with van der Waals surface area (Å²) in [6.07, 6.45) is 2.43. The lowest BCUT2D eigenvalue weighted by molar-refractivity contribution is 0.0947. The summed E-state index contributed by atoms with van der Waals surface area (Å²) in [5.74, 6) is -0.217. The quantitative estimate of drug-likeness (QED) is 0.404. The number of nitrogens with zero attached hydrogens (tertiary/aromatic N) is 4. The number of nitrogen functional groups attached to an aromatic ring is 1. The van der Waals surface area contributed by atoms with Crippen molar-refractivity contribution in [3.63, 3.8) is 0 Å². The van der Waals surface area contributed by atoms with Gasteiger partial charge in [-0.2, -0.15) is 5.10 Å². The summed E-state index contributed by atoms with van der Waals surface area (Å²) in [5, 5.41) is 11.7. The Balaban J connectivity index is 1.38. The Morgan fingerprint density at radius 1 is 1.26 bits per heavy atom. The lowest BCUT2D eigenvalue weighted by Crippen LogP contribution is -2.23. The third-order valence-corrected chi connectivity index (χ3v) is 5.98. The SMILES string of the molecule is COc1ccc(F)cc1C(=O)NCc1ccc(-c2nn([C@H]3CCNC3)c3ncnc(N)c23)cc1. The van der Waals surface area contributed by atoms with Crippen molar-refractivity contribution in [2.45, 2.75) is 19.0 Å². The van der Waals surface area contributed by atoms with E-state index in [0.29, 0.717) is 11.6 Å². The molecule has 1 atom stereocenters.